The van der Waals surface area contributed by atoms with E-state index in [1.807, 2.05) is 97.3 Å². The van der Waals surface area contributed by atoms with E-state index in [-0.39, 0.29) is 12.1 Å². The largest absolute Gasteiger partial charge is 0.337 e. The molecule has 0 aliphatic carbocycles. The first-order chi connectivity index (χ1) is 23.8. The zero-order valence-corrected chi connectivity index (χ0v) is 27.0. The first-order valence-electron chi connectivity index (χ1n) is 16.9. The van der Waals surface area contributed by atoms with Crippen LogP contribution in [0, 0.1) is 0 Å². The molecule has 2 aromatic carbocycles. The van der Waals surface area contributed by atoms with Crippen LogP contribution in [0.2, 0.25) is 0 Å². The predicted octanol–water partition coefficient (Wildman–Crippen LogP) is 7.72. The number of piperidine rings is 2. The van der Waals surface area contributed by atoms with Crippen LogP contribution in [-0.2, 0) is 13.1 Å². The van der Waals surface area contributed by atoms with Crippen LogP contribution in [-0.4, -0.2) is 53.1 Å². The Bertz CT molecular complexity index is 1680. The molecule has 48 heavy (non-hydrogen) atoms. The normalized spacial score (nSPS) is 18.6. The highest BCUT2D eigenvalue weighted by atomic mass is 16.5. The minimum absolute atomic E-state index is 0.172. The topological polar surface area (TPSA) is 110 Å². The third kappa shape index (κ3) is 7.90. The first-order valence-corrected chi connectivity index (χ1v) is 16.9. The van der Waals surface area contributed by atoms with Gasteiger partial charge in [0.15, 0.2) is 0 Å². The van der Waals surface area contributed by atoms with Crippen LogP contribution in [0.15, 0.2) is 119 Å². The van der Waals surface area contributed by atoms with Gasteiger partial charge < -0.3 is 9.05 Å². The van der Waals surface area contributed by atoms with Crippen molar-refractivity contribution >= 4 is 0 Å². The van der Waals surface area contributed by atoms with Gasteiger partial charge in [0.05, 0.1) is 23.5 Å². The number of nitrogens with zero attached hydrogens (tertiary/aromatic N) is 8. The Morgan fingerprint density at radius 3 is 1.38 bits per heavy atom. The third-order valence-electron chi connectivity index (χ3n) is 8.93. The number of rotatable bonds is 8. The van der Waals surface area contributed by atoms with Crippen LogP contribution in [0.3, 0.4) is 0 Å². The minimum Gasteiger partial charge on any atom is -0.337 e. The summed E-state index contributed by atoms with van der Waals surface area (Å²) in [5.41, 5.74) is 4.12. The van der Waals surface area contributed by atoms with Gasteiger partial charge in [0, 0.05) is 36.6 Å². The van der Waals surface area contributed by atoms with Crippen molar-refractivity contribution in [1.29, 1.82) is 0 Å². The molecule has 6 aromatic rings. The number of pyridine rings is 2. The van der Waals surface area contributed by atoms with E-state index in [1.54, 1.807) is 0 Å². The molecule has 0 bridgehead atoms. The molecule has 2 saturated heterocycles. The van der Waals surface area contributed by atoms with E-state index in [4.69, 9.17) is 9.05 Å². The van der Waals surface area contributed by atoms with Crippen molar-refractivity contribution in [2.75, 3.05) is 13.1 Å². The fraction of sp³-hybridized carbons (Fsp3) is 0.316. The molecule has 10 heteroatoms. The van der Waals surface area contributed by atoms with Crippen LogP contribution in [0.5, 0.6) is 0 Å². The van der Waals surface area contributed by atoms with E-state index in [0.717, 1.165) is 61.5 Å². The van der Waals surface area contributed by atoms with Gasteiger partial charge in [0.2, 0.25) is 23.4 Å². The Kier molecular flexibility index (Phi) is 10.3. The molecule has 6 heterocycles. The molecule has 8 rings (SSSR count). The van der Waals surface area contributed by atoms with Gasteiger partial charge in [-0.3, -0.25) is 19.8 Å². The summed E-state index contributed by atoms with van der Waals surface area (Å²) < 4.78 is 11.2. The molecule has 4 aromatic heterocycles. The fourth-order valence-corrected chi connectivity index (χ4v) is 6.47. The molecule has 0 amide bonds. The Morgan fingerprint density at radius 1 is 0.521 bits per heavy atom. The second-order valence-electron chi connectivity index (χ2n) is 12.3. The number of benzene rings is 2. The molecule has 0 N–H and O–H groups in total. The van der Waals surface area contributed by atoms with Crippen LogP contribution < -0.4 is 0 Å². The molecule has 10 nitrogen and oxygen atoms in total. The second kappa shape index (κ2) is 15.7. The van der Waals surface area contributed by atoms with Gasteiger partial charge in [-0.15, -0.1) is 0 Å². The highest BCUT2D eigenvalue weighted by molar-refractivity contribution is 5.54. The zero-order chi connectivity index (χ0) is 32.4. The second-order valence-corrected chi connectivity index (χ2v) is 12.3. The standard InChI is InChI=1S/2C19H20N4O/c2*1-2-8-15(9-3-1)18-21-19(24-22-18)17-11-5-7-13-23(17)14-16-10-4-6-12-20-16/h2*1-4,6,8-10,12,17H,5,7,11,13-14H2. The van der Waals surface area contributed by atoms with Crippen molar-refractivity contribution in [3.8, 4) is 22.8 Å². The van der Waals surface area contributed by atoms with Crippen LogP contribution in [0.25, 0.3) is 22.8 Å². The quantitative estimate of drug-likeness (QED) is 0.164. The van der Waals surface area contributed by atoms with Crippen molar-refractivity contribution in [1.82, 2.24) is 40.0 Å². The van der Waals surface area contributed by atoms with Crippen molar-refractivity contribution in [3.05, 3.63) is 133 Å². The lowest BCUT2D eigenvalue weighted by molar-refractivity contribution is 0.110. The summed E-state index contributed by atoms with van der Waals surface area (Å²) in [6.45, 7) is 3.69. The number of aromatic nitrogens is 6. The van der Waals surface area contributed by atoms with E-state index in [0.29, 0.717) is 23.4 Å². The van der Waals surface area contributed by atoms with E-state index < -0.39 is 0 Å². The molecule has 0 radical (unpaired) electrons. The van der Waals surface area contributed by atoms with Crippen molar-refractivity contribution < 1.29 is 9.05 Å². The van der Waals surface area contributed by atoms with Gasteiger partial charge in [0.1, 0.15) is 0 Å². The average Bonchev–Trinajstić information content (AvgIpc) is 3.86. The Morgan fingerprint density at radius 2 is 0.958 bits per heavy atom. The maximum Gasteiger partial charge on any atom is 0.244 e. The zero-order valence-electron chi connectivity index (χ0n) is 27.0. The van der Waals surface area contributed by atoms with E-state index in [9.17, 15) is 0 Å². The lowest BCUT2D eigenvalue weighted by Crippen LogP contribution is -2.33. The molecule has 2 aliphatic rings. The lowest BCUT2D eigenvalue weighted by atomic mass is 10.0. The van der Waals surface area contributed by atoms with Crippen LogP contribution in [0.1, 0.15) is 73.8 Å². The van der Waals surface area contributed by atoms with Gasteiger partial charge >= 0.3 is 0 Å². The SMILES string of the molecule is c1ccc(-c2noc(C3CCCCN3Cc3ccccn3)n2)cc1.c1ccc(-c2noc(C3CCCCN3Cc3ccccn3)n2)cc1. The van der Waals surface area contributed by atoms with Crippen LogP contribution in [0.4, 0.5) is 0 Å². The molecule has 2 atom stereocenters. The summed E-state index contributed by atoms with van der Waals surface area (Å²) in [7, 11) is 0. The van der Waals surface area contributed by atoms with Gasteiger partial charge in [-0.1, -0.05) is 96.0 Å². The van der Waals surface area contributed by atoms with Crippen molar-refractivity contribution in [2.24, 2.45) is 0 Å². The van der Waals surface area contributed by atoms with E-state index in [2.05, 4.69) is 52.2 Å². The third-order valence-corrected chi connectivity index (χ3v) is 8.93. The van der Waals surface area contributed by atoms with Gasteiger partial charge in [-0.2, -0.15) is 9.97 Å². The molecule has 2 unspecified atom stereocenters. The van der Waals surface area contributed by atoms with Gasteiger partial charge in [-0.25, -0.2) is 0 Å². The summed E-state index contributed by atoms with van der Waals surface area (Å²) in [4.78, 5) is 23.0. The smallest absolute Gasteiger partial charge is 0.244 e. The maximum atomic E-state index is 5.60. The van der Waals surface area contributed by atoms with Gasteiger partial charge in [0.25, 0.3) is 0 Å². The molecule has 244 valence electrons. The van der Waals surface area contributed by atoms with E-state index in [1.165, 1.54) is 25.7 Å². The highest BCUT2D eigenvalue weighted by Crippen LogP contribution is 2.33. The van der Waals surface area contributed by atoms with Gasteiger partial charge in [-0.05, 0) is 63.0 Å². The molecule has 0 saturated carbocycles. The predicted molar refractivity (Wildman–Crippen MR) is 182 cm³/mol. The van der Waals surface area contributed by atoms with Crippen LogP contribution >= 0.6 is 0 Å². The summed E-state index contributed by atoms with van der Waals surface area (Å²) in [6.07, 6.45) is 10.5. The minimum atomic E-state index is 0.172. The number of hydrogen-bond acceptors (Lipinski definition) is 10. The Hall–Kier alpha value is -5.06. The molecule has 0 spiro atoms. The molecule has 2 fully saturated rings. The number of hydrogen-bond donors (Lipinski definition) is 0. The monoisotopic (exact) mass is 640 g/mol. The Labute approximate surface area is 280 Å². The molecular formula is C38H40N8O2. The summed E-state index contributed by atoms with van der Waals surface area (Å²) >= 11 is 0. The summed E-state index contributed by atoms with van der Waals surface area (Å²) in [5.74, 6) is 2.75. The Balaban J connectivity index is 0.000000152. The van der Waals surface area contributed by atoms with Crippen molar-refractivity contribution in [3.63, 3.8) is 0 Å². The van der Waals surface area contributed by atoms with Crippen molar-refractivity contribution in [2.45, 2.75) is 63.7 Å². The lowest BCUT2D eigenvalue weighted by Gasteiger charge is -2.32. The van der Waals surface area contributed by atoms with E-state index >= 15 is 0 Å². The average molecular weight is 641 g/mol. The maximum absolute atomic E-state index is 5.60. The fourth-order valence-electron chi connectivity index (χ4n) is 6.47. The summed E-state index contributed by atoms with van der Waals surface area (Å²) in [5, 5.41) is 8.35. The molecular weight excluding hydrogens is 600 g/mol. The summed E-state index contributed by atoms with van der Waals surface area (Å²) in [6, 6.07) is 32.3. The highest BCUT2D eigenvalue weighted by Gasteiger charge is 2.30. The first kappa shape index (κ1) is 31.5. The number of likely N-dealkylation sites (tertiary alicyclic amines) is 2. The molecule has 2 aliphatic heterocycles.